The highest BCUT2D eigenvalue weighted by Crippen LogP contribution is 2.66. The molecule has 0 saturated heterocycles. The van der Waals surface area contributed by atoms with Crippen LogP contribution in [-0.4, -0.2) is 86.1 Å². The van der Waals surface area contributed by atoms with Crippen LogP contribution >= 0.6 is 56.7 Å². The summed E-state index contributed by atoms with van der Waals surface area (Å²) in [6, 6.07) is 15.3. The lowest BCUT2D eigenvalue weighted by molar-refractivity contribution is -0.138. The summed E-state index contributed by atoms with van der Waals surface area (Å²) in [6.07, 6.45) is 3.35. The first-order chi connectivity index (χ1) is 34.2. The summed E-state index contributed by atoms with van der Waals surface area (Å²) < 4.78 is 51.6. The van der Waals surface area contributed by atoms with E-state index in [2.05, 4.69) is 59.1 Å². The number of aryl methyl sites for hydroxylation is 2. The number of aliphatic carboxylic acids is 2. The van der Waals surface area contributed by atoms with Gasteiger partial charge in [-0.1, -0.05) is 24.3 Å². The van der Waals surface area contributed by atoms with Gasteiger partial charge in [-0.15, -0.1) is 56.7 Å². The number of hydrogen-bond acceptors (Lipinski definition) is 17. The van der Waals surface area contributed by atoms with Crippen LogP contribution in [-0.2, 0) is 29.0 Å². The molecule has 0 fully saturated rings. The van der Waals surface area contributed by atoms with Gasteiger partial charge in [-0.05, 0) is 60.7 Å². The minimum atomic E-state index is -1.58. The van der Waals surface area contributed by atoms with Crippen LogP contribution in [0.3, 0.4) is 0 Å². The fourth-order valence-corrected chi connectivity index (χ4v) is 15.4. The van der Waals surface area contributed by atoms with Crippen LogP contribution in [0.1, 0.15) is 22.9 Å². The van der Waals surface area contributed by atoms with Crippen molar-refractivity contribution >= 4 is 91.8 Å². The molecule has 0 atom stereocenters. The van der Waals surface area contributed by atoms with Crippen molar-refractivity contribution in [3.63, 3.8) is 0 Å². The molecule has 0 unspecified atom stereocenters. The minimum absolute atomic E-state index is 0.0105. The summed E-state index contributed by atoms with van der Waals surface area (Å²) in [6.45, 7) is 12.2. The number of anilines is 2. The van der Waals surface area contributed by atoms with Gasteiger partial charge in [0.05, 0.1) is 50.1 Å². The van der Waals surface area contributed by atoms with Crippen LogP contribution in [0.4, 0.5) is 11.4 Å². The lowest BCUT2D eigenvalue weighted by atomic mass is 10.0. The summed E-state index contributed by atoms with van der Waals surface area (Å²) in [5, 5.41) is 19.3. The number of carboxylic acid groups (broad SMARTS) is 2. The first-order valence-corrected chi connectivity index (χ1v) is 26.3. The molecule has 2 aromatic carbocycles. The number of thiophene rings is 4. The van der Waals surface area contributed by atoms with Gasteiger partial charge >= 0.3 is 17.6 Å². The Kier molecular flexibility index (Phi) is 11.2. The molecule has 12 rings (SSSR count). The van der Waals surface area contributed by atoms with Crippen LogP contribution < -0.4 is 57.5 Å². The van der Waals surface area contributed by atoms with Crippen molar-refractivity contribution in [1.29, 1.82) is 0 Å². The Hall–Kier alpha value is -6.96. The second kappa shape index (κ2) is 17.8. The van der Waals surface area contributed by atoms with E-state index in [1.54, 1.807) is 11.3 Å². The Balaban J connectivity index is 0.977. The van der Waals surface area contributed by atoms with Crippen LogP contribution in [0.2, 0.25) is 0 Å². The number of para-hydroxylation sites is 1. The highest BCUT2D eigenvalue weighted by atomic mass is 32.1. The van der Waals surface area contributed by atoms with E-state index in [9.17, 15) is 24.6 Å². The highest BCUT2D eigenvalue weighted by Gasteiger charge is 2.39. The van der Waals surface area contributed by atoms with Crippen LogP contribution in [0.15, 0.2) is 47.3 Å². The molecule has 5 aromatic heterocycles. The van der Waals surface area contributed by atoms with Crippen LogP contribution in [0, 0.1) is 6.57 Å². The van der Waals surface area contributed by atoms with Gasteiger partial charge in [-0.2, -0.15) is 0 Å². The van der Waals surface area contributed by atoms with Gasteiger partial charge in [0.2, 0.25) is 0 Å². The maximum Gasteiger partial charge on any atom is 0.336 e. The molecule has 10 heterocycles. The molecule has 0 spiro atoms. The molecule has 0 bridgehead atoms. The maximum absolute atomic E-state index is 13.7. The SMILES string of the molecule is [C-]#[N+]/C(C(=O)O)=c1\s/c(=C\c2sc(-c3sc(-c4sc(-c5sc(-c6ccc7c(c6)CCc6ccccc6N7CC)c6c5OCCO6)c5c4OCCO5)c4c3OCCO4)c3c2OCCO3)c(=O)n1CC(=O)O. The number of aromatic nitrogens is 1. The van der Waals surface area contributed by atoms with Crippen molar-refractivity contribution in [2.45, 2.75) is 26.3 Å². The summed E-state index contributed by atoms with van der Waals surface area (Å²) in [7, 11) is 0. The van der Waals surface area contributed by atoms with Gasteiger partial charge in [-0.25, -0.2) is 4.85 Å². The van der Waals surface area contributed by atoms with E-state index in [1.165, 1.54) is 62.6 Å². The number of benzene rings is 2. The molecule has 21 heteroatoms. The second-order valence-electron chi connectivity index (χ2n) is 16.2. The van der Waals surface area contributed by atoms with Crippen molar-refractivity contribution in [2.75, 3.05) is 64.3 Å². The van der Waals surface area contributed by atoms with E-state index in [4.69, 9.17) is 44.5 Å². The topological polar surface area (TPSA) is 178 Å². The molecular weight excluding hydrogens is 999 g/mol. The van der Waals surface area contributed by atoms with Gasteiger partial charge in [-0.3, -0.25) is 19.0 Å². The predicted octanol–water partition coefficient (Wildman–Crippen LogP) is 8.19. The smallest absolute Gasteiger partial charge is 0.336 e. The first kappa shape index (κ1) is 44.3. The second-order valence-corrected chi connectivity index (χ2v) is 21.3. The Labute approximate surface area is 417 Å². The molecule has 5 aliphatic heterocycles. The normalized spacial score (nSPS) is 15.9. The molecule has 0 amide bonds. The molecule has 0 aliphatic carbocycles. The van der Waals surface area contributed by atoms with E-state index >= 15 is 0 Å². The first-order valence-electron chi connectivity index (χ1n) is 22.2. The predicted molar refractivity (Wildman–Crippen MR) is 267 cm³/mol. The monoisotopic (exact) mass is 1040 g/mol. The summed E-state index contributed by atoms with van der Waals surface area (Å²) >= 11 is 6.51. The average molecular weight is 1040 g/mol. The standard InChI is InChI=1S/C49H37N3O13S5/c1-3-51-26-7-5-4-6-23(26)8-9-24-20-25(10-11-27(24)51)40-34-35(61-15-14-60-34)43(68-40)44-38-39(65-19-18-64-38)46(70-44)45-37-36(62-16-17-63-37)42(69-45)41-33-32(58-12-13-59-33)28(66-41)21-29-47(55)52(22-30(53)54)48(67-29)31(50-2)49(56)57/h4-7,10-11,20-21H,3,8-9,12-19,22H2,1H3,(H,53,54)(H,56,57)/b29-21-,48-31-. The van der Waals surface area contributed by atoms with Crippen molar-refractivity contribution in [1.82, 2.24) is 4.57 Å². The van der Waals surface area contributed by atoms with Crippen molar-refractivity contribution in [3.8, 4) is 85.7 Å². The van der Waals surface area contributed by atoms with E-state index < -0.39 is 29.7 Å². The minimum Gasteiger partial charge on any atom is -0.486 e. The lowest BCUT2D eigenvalue weighted by Crippen LogP contribution is -2.35. The number of ether oxygens (including phenoxy) is 8. The quantitative estimate of drug-likeness (QED) is 0.132. The lowest BCUT2D eigenvalue weighted by Gasteiger charge is -2.25. The number of carbonyl (C=O) groups is 2. The van der Waals surface area contributed by atoms with Crippen molar-refractivity contribution in [2.24, 2.45) is 0 Å². The molecule has 0 radical (unpaired) electrons. The Morgan fingerprint density at radius 3 is 1.63 bits per heavy atom. The van der Waals surface area contributed by atoms with Crippen molar-refractivity contribution in [3.05, 3.63) is 89.4 Å². The third-order valence-electron chi connectivity index (χ3n) is 12.1. The largest absolute Gasteiger partial charge is 0.486 e. The number of nitrogens with zero attached hydrogens (tertiary/aromatic N) is 3. The third kappa shape index (κ3) is 7.26. The Morgan fingerprint density at radius 2 is 1.10 bits per heavy atom. The zero-order valence-electron chi connectivity index (χ0n) is 36.9. The average Bonchev–Trinajstić information content (AvgIpc) is 4.18. The molecular formula is C49H37N3O13S5. The zero-order valence-corrected chi connectivity index (χ0v) is 41.0. The molecule has 7 aromatic rings. The van der Waals surface area contributed by atoms with E-state index in [-0.39, 0.29) is 29.0 Å². The Bertz CT molecular complexity index is 3570. The van der Waals surface area contributed by atoms with Crippen molar-refractivity contribution < 1.29 is 57.7 Å². The zero-order chi connectivity index (χ0) is 47.8. The number of carboxylic acids is 2. The molecule has 70 heavy (non-hydrogen) atoms. The van der Waals surface area contributed by atoms with Crippen LogP contribution in [0.5, 0.6) is 46.0 Å². The highest BCUT2D eigenvalue weighted by molar-refractivity contribution is 7.30. The summed E-state index contributed by atoms with van der Waals surface area (Å²) in [5.41, 5.74) is 4.56. The fraction of sp³-hybridized carbons (Fsp3) is 0.265. The molecule has 2 N–H and O–H groups in total. The molecule has 5 aliphatic rings. The van der Waals surface area contributed by atoms with E-state index in [0.29, 0.717) is 93.7 Å². The number of thiazole rings is 1. The molecule has 0 saturated carbocycles. The van der Waals surface area contributed by atoms with Gasteiger partial charge in [0.25, 0.3) is 5.56 Å². The van der Waals surface area contributed by atoms with Gasteiger partial charge in [0.15, 0.2) is 46.0 Å². The number of rotatable bonds is 9. The number of fused-ring (bicyclic) bond motifs is 6. The maximum atomic E-state index is 13.7. The number of hydrogen-bond donors (Lipinski definition) is 2. The molecule has 356 valence electrons. The summed E-state index contributed by atoms with van der Waals surface area (Å²) in [4.78, 5) is 48.9. The fourth-order valence-electron chi connectivity index (χ4n) is 9.20. The van der Waals surface area contributed by atoms with Gasteiger partial charge < -0.3 is 53.0 Å². The van der Waals surface area contributed by atoms with Crippen LogP contribution in [0.25, 0.3) is 56.3 Å². The third-order valence-corrected chi connectivity index (χ3v) is 18.3. The molecule has 16 nitrogen and oxygen atoms in total. The summed E-state index contributed by atoms with van der Waals surface area (Å²) in [5.74, 6) is 1.38. The van der Waals surface area contributed by atoms with E-state index in [1.807, 2.05) is 0 Å². The van der Waals surface area contributed by atoms with Gasteiger partial charge in [0, 0.05) is 17.9 Å². The van der Waals surface area contributed by atoms with Gasteiger partial charge in [0.1, 0.15) is 64.1 Å². The van der Waals surface area contributed by atoms with E-state index in [0.717, 1.165) is 65.2 Å². The Morgan fingerprint density at radius 1 is 0.629 bits per heavy atom.